The van der Waals surface area contributed by atoms with E-state index >= 15 is 0 Å². The van der Waals surface area contributed by atoms with Crippen molar-refractivity contribution in [1.82, 2.24) is 10.3 Å². The largest absolute Gasteiger partial charge is 0.444 e. The Morgan fingerprint density at radius 2 is 2.14 bits per heavy atom. The number of aryl methyl sites for hydroxylation is 1. The summed E-state index contributed by atoms with van der Waals surface area (Å²) in [5.41, 5.74) is 0.997. The van der Waals surface area contributed by atoms with E-state index in [9.17, 15) is 9.90 Å². The molecule has 0 aliphatic carbocycles. The van der Waals surface area contributed by atoms with Gasteiger partial charge in [-0.1, -0.05) is 12.1 Å². The van der Waals surface area contributed by atoms with Crippen LogP contribution in [0.3, 0.4) is 0 Å². The first kappa shape index (κ1) is 16.3. The molecule has 22 heavy (non-hydrogen) atoms. The van der Waals surface area contributed by atoms with E-state index in [1.165, 1.54) is 0 Å². The molecule has 120 valence electrons. The van der Waals surface area contributed by atoms with Crippen molar-refractivity contribution < 1.29 is 19.1 Å². The van der Waals surface area contributed by atoms with Crippen molar-refractivity contribution in [3.8, 4) is 0 Å². The molecule has 0 bridgehead atoms. The van der Waals surface area contributed by atoms with Crippen LogP contribution in [0.4, 0.5) is 4.79 Å². The van der Waals surface area contributed by atoms with Crippen LogP contribution in [0.5, 0.6) is 0 Å². The highest BCUT2D eigenvalue weighted by Crippen LogP contribution is 2.16. The maximum absolute atomic E-state index is 11.5. The number of oxazole rings is 1. The summed E-state index contributed by atoms with van der Waals surface area (Å²) in [6.45, 7) is 5.31. The van der Waals surface area contributed by atoms with Crippen molar-refractivity contribution in [3.05, 3.63) is 30.2 Å². The first-order valence-corrected chi connectivity index (χ1v) is 7.35. The molecule has 0 saturated heterocycles. The number of para-hydroxylation sites is 2. The van der Waals surface area contributed by atoms with Crippen molar-refractivity contribution in [1.29, 1.82) is 0 Å². The summed E-state index contributed by atoms with van der Waals surface area (Å²) in [5.74, 6) is 0.630. The predicted molar refractivity (Wildman–Crippen MR) is 82.3 cm³/mol. The Morgan fingerprint density at radius 3 is 2.82 bits per heavy atom. The number of hydrogen-bond donors (Lipinski definition) is 2. The topological polar surface area (TPSA) is 84.6 Å². The lowest BCUT2D eigenvalue weighted by molar-refractivity contribution is 0.0341. The quantitative estimate of drug-likeness (QED) is 0.830. The molecule has 1 amide bonds. The minimum Gasteiger partial charge on any atom is -0.444 e. The molecule has 1 unspecified atom stereocenters. The smallest absolute Gasteiger partial charge is 0.409 e. The van der Waals surface area contributed by atoms with Gasteiger partial charge in [0, 0.05) is 6.42 Å². The highest BCUT2D eigenvalue weighted by molar-refractivity contribution is 5.72. The van der Waals surface area contributed by atoms with Crippen molar-refractivity contribution in [2.45, 2.75) is 51.9 Å². The number of hydrogen-bond acceptors (Lipinski definition) is 5. The lowest BCUT2D eigenvalue weighted by Gasteiger charge is -2.21. The summed E-state index contributed by atoms with van der Waals surface area (Å²) in [6, 6.07) is 7.56. The van der Waals surface area contributed by atoms with Crippen LogP contribution in [-0.4, -0.2) is 28.0 Å². The summed E-state index contributed by atoms with van der Waals surface area (Å²) < 4.78 is 10.7. The van der Waals surface area contributed by atoms with E-state index in [-0.39, 0.29) is 0 Å². The van der Waals surface area contributed by atoms with Gasteiger partial charge in [0.1, 0.15) is 17.3 Å². The number of rotatable bonds is 5. The molecular formula is C16H22N2O4. The van der Waals surface area contributed by atoms with Gasteiger partial charge in [-0.05, 0) is 45.7 Å². The first-order chi connectivity index (χ1) is 10.3. The normalized spacial score (nSPS) is 13.1. The Labute approximate surface area is 129 Å². The van der Waals surface area contributed by atoms with Crippen LogP contribution in [0.2, 0.25) is 0 Å². The fraction of sp³-hybridized carbons (Fsp3) is 0.500. The molecule has 0 aliphatic heterocycles. The summed E-state index contributed by atoms with van der Waals surface area (Å²) in [5, 5.41) is 12.2. The molecule has 6 heteroatoms. The average Bonchev–Trinajstić information content (AvgIpc) is 2.78. The Balaban J connectivity index is 1.74. The summed E-state index contributed by atoms with van der Waals surface area (Å²) >= 11 is 0. The standard InChI is InChI=1S/C16H22N2O4/c1-16(2,3)22-15(20)18-13(19)9-6-10-14-17-11-7-4-5-8-12(11)21-14/h4-5,7-8,13,19H,6,9-10H2,1-3H3,(H,18,20). The third-order valence-corrected chi connectivity index (χ3v) is 2.89. The monoisotopic (exact) mass is 306 g/mol. The van der Waals surface area contributed by atoms with Crippen LogP contribution in [0.25, 0.3) is 11.1 Å². The number of nitrogens with zero attached hydrogens (tertiary/aromatic N) is 1. The van der Waals surface area contributed by atoms with E-state index in [4.69, 9.17) is 9.15 Å². The van der Waals surface area contributed by atoms with E-state index in [2.05, 4.69) is 10.3 Å². The average molecular weight is 306 g/mol. The second-order valence-electron chi connectivity index (χ2n) is 6.13. The van der Waals surface area contributed by atoms with E-state index < -0.39 is 17.9 Å². The van der Waals surface area contributed by atoms with Gasteiger partial charge in [-0.25, -0.2) is 9.78 Å². The molecule has 2 N–H and O–H groups in total. The van der Waals surface area contributed by atoms with Gasteiger partial charge >= 0.3 is 6.09 Å². The molecule has 0 radical (unpaired) electrons. The predicted octanol–water partition coefficient (Wildman–Crippen LogP) is 2.99. The lowest BCUT2D eigenvalue weighted by atomic mass is 10.2. The lowest BCUT2D eigenvalue weighted by Crippen LogP contribution is -2.39. The van der Waals surface area contributed by atoms with Crippen molar-refractivity contribution >= 4 is 17.2 Å². The van der Waals surface area contributed by atoms with E-state index in [1.807, 2.05) is 24.3 Å². The Bertz CT molecular complexity index is 597. The molecule has 6 nitrogen and oxygen atoms in total. The number of nitrogens with one attached hydrogen (secondary N) is 1. The van der Waals surface area contributed by atoms with Gasteiger partial charge < -0.3 is 14.3 Å². The van der Waals surface area contributed by atoms with Crippen molar-refractivity contribution in [3.63, 3.8) is 0 Å². The van der Waals surface area contributed by atoms with E-state index in [0.717, 1.165) is 11.1 Å². The summed E-state index contributed by atoms with van der Waals surface area (Å²) in [7, 11) is 0. The minimum absolute atomic E-state index is 0.401. The summed E-state index contributed by atoms with van der Waals surface area (Å²) in [6.07, 6.45) is 0.0739. The minimum atomic E-state index is -0.945. The SMILES string of the molecule is CC(C)(C)OC(=O)NC(O)CCCc1nc2ccccc2o1. The Kier molecular flexibility index (Phi) is 5.03. The Morgan fingerprint density at radius 1 is 1.41 bits per heavy atom. The third kappa shape index (κ3) is 5.04. The number of fused-ring (bicyclic) bond motifs is 1. The number of aliphatic hydroxyl groups excluding tert-OH is 1. The van der Waals surface area contributed by atoms with Crippen LogP contribution in [0.1, 0.15) is 39.5 Å². The number of ether oxygens (including phenoxy) is 1. The zero-order valence-corrected chi connectivity index (χ0v) is 13.1. The number of alkyl carbamates (subject to hydrolysis) is 1. The fourth-order valence-electron chi connectivity index (χ4n) is 1.99. The summed E-state index contributed by atoms with van der Waals surface area (Å²) in [4.78, 5) is 15.9. The highest BCUT2D eigenvalue weighted by atomic mass is 16.6. The molecular weight excluding hydrogens is 284 g/mol. The third-order valence-electron chi connectivity index (χ3n) is 2.89. The van der Waals surface area contributed by atoms with Crippen LogP contribution >= 0.6 is 0 Å². The maximum Gasteiger partial charge on any atom is 0.409 e. The highest BCUT2D eigenvalue weighted by Gasteiger charge is 2.18. The van der Waals surface area contributed by atoms with Crippen LogP contribution in [0.15, 0.2) is 28.7 Å². The zero-order chi connectivity index (χ0) is 16.2. The van der Waals surface area contributed by atoms with Crippen molar-refractivity contribution in [2.24, 2.45) is 0 Å². The van der Waals surface area contributed by atoms with Gasteiger partial charge in [0.15, 0.2) is 11.5 Å². The maximum atomic E-state index is 11.5. The second-order valence-corrected chi connectivity index (χ2v) is 6.13. The van der Waals surface area contributed by atoms with Crippen LogP contribution < -0.4 is 5.32 Å². The number of carbonyl (C=O) groups excluding carboxylic acids is 1. The molecule has 2 rings (SSSR count). The van der Waals surface area contributed by atoms with Gasteiger partial charge in [0.2, 0.25) is 0 Å². The zero-order valence-electron chi connectivity index (χ0n) is 13.1. The molecule has 0 fully saturated rings. The number of amides is 1. The van der Waals surface area contributed by atoms with Gasteiger partial charge in [-0.2, -0.15) is 0 Å². The number of aromatic nitrogens is 1. The van der Waals surface area contributed by atoms with Gasteiger partial charge in [0.05, 0.1) is 0 Å². The molecule has 0 spiro atoms. The Hall–Kier alpha value is -2.08. The van der Waals surface area contributed by atoms with Crippen LogP contribution in [0, 0.1) is 0 Å². The number of benzene rings is 1. The molecule has 1 aromatic carbocycles. The molecule has 1 aromatic heterocycles. The number of carbonyl (C=O) groups is 1. The van der Waals surface area contributed by atoms with E-state index in [1.54, 1.807) is 20.8 Å². The second kappa shape index (κ2) is 6.79. The molecule has 1 heterocycles. The first-order valence-electron chi connectivity index (χ1n) is 7.35. The fourth-order valence-corrected chi connectivity index (χ4v) is 1.99. The van der Waals surface area contributed by atoms with Gasteiger partial charge in [0.25, 0.3) is 0 Å². The van der Waals surface area contributed by atoms with Gasteiger partial charge in [-0.15, -0.1) is 0 Å². The van der Waals surface area contributed by atoms with E-state index in [0.29, 0.717) is 25.2 Å². The molecule has 1 atom stereocenters. The van der Waals surface area contributed by atoms with Crippen LogP contribution in [-0.2, 0) is 11.2 Å². The van der Waals surface area contributed by atoms with Gasteiger partial charge in [-0.3, -0.25) is 5.32 Å². The molecule has 0 aliphatic rings. The molecule has 0 saturated carbocycles. The molecule has 2 aromatic rings. The van der Waals surface area contributed by atoms with Crippen molar-refractivity contribution in [2.75, 3.05) is 0 Å². The number of aliphatic hydroxyl groups is 1.